The van der Waals surface area contributed by atoms with Crippen LogP contribution in [0.2, 0.25) is 5.02 Å². The van der Waals surface area contributed by atoms with Crippen molar-refractivity contribution in [3.05, 3.63) is 64.6 Å². The quantitative estimate of drug-likeness (QED) is 0.404. The van der Waals surface area contributed by atoms with Crippen LogP contribution in [0.25, 0.3) is 10.9 Å². The smallest absolute Gasteiger partial charge is 0.407 e. The van der Waals surface area contributed by atoms with Crippen molar-refractivity contribution in [1.82, 2.24) is 24.9 Å². The molecule has 0 saturated carbocycles. The molecular weight excluding hydrogens is 507 g/mol. The van der Waals surface area contributed by atoms with Gasteiger partial charge in [-0.15, -0.1) is 0 Å². The number of aromatic nitrogens is 2. The number of carbonyl (C=O) groups excluding carboxylic acids is 3. The Morgan fingerprint density at radius 2 is 1.95 bits per heavy atom. The molecule has 1 aromatic heterocycles. The number of carbonyl (C=O) groups is 4. The molecule has 1 aliphatic heterocycles. The van der Waals surface area contributed by atoms with E-state index in [1.807, 2.05) is 0 Å². The molecule has 3 aromatic rings. The molecule has 1 saturated heterocycles. The van der Waals surface area contributed by atoms with Crippen LogP contribution >= 0.6 is 11.6 Å². The highest BCUT2D eigenvalue weighted by Crippen LogP contribution is 2.21. The van der Waals surface area contributed by atoms with E-state index in [9.17, 15) is 28.7 Å². The van der Waals surface area contributed by atoms with Crippen LogP contribution < -0.4 is 11.1 Å². The van der Waals surface area contributed by atoms with Gasteiger partial charge in [0.15, 0.2) is 5.69 Å². The number of nitrogens with one attached hydrogen (secondary N) is 1. The van der Waals surface area contributed by atoms with E-state index in [1.54, 1.807) is 30.3 Å². The van der Waals surface area contributed by atoms with Crippen LogP contribution in [0.15, 0.2) is 42.5 Å². The summed E-state index contributed by atoms with van der Waals surface area (Å²) in [5.41, 5.74) is 6.13. The number of rotatable bonds is 8. The second-order valence-electron chi connectivity index (χ2n) is 8.57. The fraction of sp³-hybridized carbons (Fsp3) is 0.292. The number of halogens is 2. The van der Waals surface area contributed by atoms with E-state index in [4.69, 9.17) is 17.3 Å². The molecule has 4 amide bonds. The Hall–Kier alpha value is -4.19. The molecule has 1 atom stereocenters. The Morgan fingerprint density at radius 1 is 1.19 bits per heavy atom. The number of primary amides is 1. The molecule has 13 heteroatoms. The van der Waals surface area contributed by atoms with Gasteiger partial charge in [0.05, 0.1) is 23.1 Å². The van der Waals surface area contributed by atoms with E-state index >= 15 is 0 Å². The van der Waals surface area contributed by atoms with Gasteiger partial charge in [0.2, 0.25) is 11.8 Å². The number of nitrogens with zero attached hydrogens (tertiary/aromatic N) is 4. The maximum atomic E-state index is 14.2. The van der Waals surface area contributed by atoms with E-state index in [-0.39, 0.29) is 49.0 Å². The summed E-state index contributed by atoms with van der Waals surface area (Å²) in [5, 5.41) is 16.5. The predicted octanol–water partition coefficient (Wildman–Crippen LogP) is 1.82. The third kappa shape index (κ3) is 5.64. The van der Waals surface area contributed by atoms with Gasteiger partial charge in [-0.3, -0.25) is 19.1 Å². The predicted molar refractivity (Wildman–Crippen MR) is 131 cm³/mol. The van der Waals surface area contributed by atoms with Gasteiger partial charge in [-0.05, 0) is 18.6 Å². The highest BCUT2D eigenvalue weighted by Gasteiger charge is 2.34. The summed E-state index contributed by atoms with van der Waals surface area (Å²) in [4.78, 5) is 51.9. The minimum Gasteiger partial charge on any atom is -0.465 e. The van der Waals surface area contributed by atoms with Gasteiger partial charge < -0.3 is 26.0 Å². The monoisotopic (exact) mass is 530 g/mol. The molecule has 0 radical (unpaired) electrons. The van der Waals surface area contributed by atoms with Gasteiger partial charge in [0.1, 0.15) is 12.4 Å². The number of carboxylic acid groups (broad SMARTS) is 1. The molecule has 11 nitrogen and oxygen atoms in total. The molecule has 0 aliphatic carbocycles. The lowest BCUT2D eigenvalue weighted by molar-refractivity contribution is -0.138. The summed E-state index contributed by atoms with van der Waals surface area (Å²) in [7, 11) is 0. The Balaban J connectivity index is 1.54. The highest BCUT2D eigenvalue weighted by atomic mass is 35.5. The Morgan fingerprint density at radius 3 is 2.65 bits per heavy atom. The summed E-state index contributed by atoms with van der Waals surface area (Å²) in [5.74, 6) is -2.48. The first-order valence-electron chi connectivity index (χ1n) is 11.4. The van der Waals surface area contributed by atoms with E-state index in [1.165, 1.54) is 26.6 Å². The number of fused-ring (bicyclic) bond motifs is 1. The first-order chi connectivity index (χ1) is 17.7. The van der Waals surface area contributed by atoms with E-state index < -0.39 is 35.7 Å². The zero-order valence-corrected chi connectivity index (χ0v) is 20.3. The molecule has 4 rings (SSSR count). The Bertz CT molecular complexity index is 1380. The highest BCUT2D eigenvalue weighted by molar-refractivity contribution is 6.30. The maximum absolute atomic E-state index is 14.2. The van der Waals surface area contributed by atoms with Crippen molar-refractivity contribution in [3.63, 3.8) is 0 Å². The van der Waals surface area contributed by atoms with Gasteiger partial charge >= 0.3 is 6.09 Å². The van der Waals surface area contributed by atoms with Gasteiger partial charge in [-0.1, -0.05) is 41.9 Å². The normalized spacial score (nSPS) is 15.1. The minimum atomic E-state index is -1.13. The number of hydrogen-bond donors (Lipinski definition) is 3. The lowest BCUT2D eigenvalue weighted by atomic mass is 10.2. The number of hydrogen-bond acceptors (Lipinski definition) is 5. The first-order valence-corrected chi connectivity index (χ1v) is 11.8. The summed E-state index contributed by atoms with van der Waals surface area (Å²) >= 11 is 5.79. The number of nitrogens with two attached hydrogens (primary N) is 1. The fourth-order valence-corrected chi connectivity index (χ4v) is 4.52. The molecule has 1 aliphatic rings. The van der Waals surface area contributed by atoms with Crippen LogP contribution in [-0.2, 0) is 22.7 Å². The number of amides is 4. The average Bonchev–Trinajstić information content (AvgIpc) is 3.49. The molecule has 0 spiro atoms. The number of benzene rings is 2. The Kier molecular flexibility index (Phi) is 7.58. The van der Waals surface area contributed by atoms with Gasteiger partial charge in [0, 0.05) is 30.6 Å². The van der Waals surface area contributed by atoms with Crippen LogP contribution in [0, 0.1) is 5.82 Å². The maximum Gasteiger partial charge on any atom is 0.407 e. The summed E-state index contributed by atoms with van der Waals surface area (Å²) in [6.07, 6.45) is -0.791. The molecule has 37 heavy (non-hydrogen) atoms. The standard InChI is InChI=1S/C24H24ClFN6O5/c25-17-6-3-4-14(21(17)26)10-28-19(33)12-31(15-8-9-30(11-15)24(36)37)20(34)13-32-18-7-2-1-5-16(18)22(29-32)23(27)35/h1-7,15H,8-13H2,(H2,27,35)(H,28,33)(H,36,37). The van der Waals surface area contributed by atoms with Crippen molar-refractivity contribution in [3.8, 4) is 0 Å². The van der Waals surface area contributed by atoms with Gasteiger partial charge in [-0.25, -0.2) is 9.18 Å². The third-order valence-electron chi connectivity index (χ3n) is 6.19. The average molecular weight is 531 g/mol. The number of para-hydroxylation sites is 1. The lowest BCUT2D eigenvalue weighted by Gasteiger charge is -2.28. The summed E-state index contributed by atoms with van der Waals surface area (Å²) < 4.78 is 15.5. The largest absolute Gasteiger partial charge is 0.465 e. The van der Waals surface area contributed by atoms with Crippen LogP contribution in [0.3, 0.4) is 0 Å². The third-order valence-corrected chi connectivity index (χ3v) is 6.48. The van der Waals surface area contributed by atoms with Crippen LogP contribution in [0.5, 0.6) is 0 Å². The second-order valence-corrected chi connectivity index (χ2v) is 8.98. The SMILES string of the molecule is NC(=O)c1nn(CC(=O)N(CC(=O)NCc2cccc(Cl)c2F)C2CCN(C(=O)O)C2)c2ccccc12. The van der Waals surface area contributed by atoms with Crippen LogP contribution in [0.1, 0.15) is 22.5 Å². The molecule has 1 fully saturated rings. The Labute approximate surface area is 215 Å². The van der Waals surface area contributed by atoms with Crippen molar-refractivity contribution in [2.24, 2.45) is 5.73 Å². The molecule has 194 valence electrons. The fourth-order valence-electron chi connectivity index (χ4n) is 4.33. The summed E-state index contributed by atoms with van der Waals surface area (Å²) in [6, 6.07) is 10.6. The minimum absolute atomic E-state index is 0.00848. The second kappa shape index (κ2) is 10.8. The van der Waals surface area contributed by atoms with Gasteiger partial charge in [-0.2, -0.15) is 5.10 Å². The van der Waals surface area contributed by atoms with Crippen molar-refractivity contribution in [2.75, 3.05) is 19.6 Å². The van der Waals surface area contributed by atoms with Crippen LogP contribution in [-0.4, -0.2) is 74.2 Å². The van der Waals surface area contributed by atoms with E-state index in [0.29, 0.717) is 17.3 Å². The van der Waals surface area contributed by atoms with Crippen molar-refractivity contribution < 1.29 is 28.7 Å². The topological polar surface area (TPSA) is 151 Å². The zero-order valence-electron chi connectivity index (χ0n) is 19.6. The first kappa shape index (κ1) is 25.9. The molecular formula is C24H24ClFN6O5. The van der Waals surface area contributed by atoms with Crippen molar-refractivity contribution in [2.45, 2.75) is 25.6 Å². The zero-order chi connectivity index (χ0) is 26.7. The lowest BCUT2D eigenvalue weighted by Crippen LogP contribution is -2.48. The number of likely N-dealkylation sites (tertiary alicyclic amines) is 1. The van der Waals surface area contributed by atoms with Crippen molar-refractivity contribution in [1.29, 1.82) is 0 Å². The summed E-state index contributed by atoms with van der Waals surface area (Å²) in [6.45, 7) is -0.612. The van der Waals surface area contributed by atoms with Crippen molar-refractivity contribution >= 4 is 46.3 Å². The van der Waals surface area contributed by atoms with Crippen LogP contribution in [0.4, 0.5) is 9.18 Å². The molecule has 2 aromatic carbocycles. The molecule has 4 N–H and O–H groups in total. The van der Waals surface area contributed by atoms with E-state index in [0.717, 1.165) is 0 Å². The van der Waals surface area contributed by atoms with E-state index in [2.05, 4.69) is 10.4 Å². The molecule has 1 unspecified atom stereocenters. The molecule has 0 bridgehead atoms. The molecule has 2 heterocycles. The van der Waals surface area contributed by atoms with Gasteiger partial charge in [0.25, 0.3) is 5.91 Å².